The number of halogens is 1. The summed E-state index contributed by atoms with van der Waals surface area (Å²) in [6.45, 7) is 0. The van der Waals surface area contributed by atoms with Gasteiger partial charge in [-0.05, 0) is 12.1 Å². The molecular weight excluding hydrogens is 277 g/mol. The van der Waals surface area contributed by atoms with Gasteiger partial charge < -0.3 is 4.57 Å². The van der Waals surface area contributed by atoms with Crippen LogP contribution in [0.4, 0.5) is 4.39 Å². The molecule has 0 atom stereocenters. The van der Waals surface area contributed by atoms with Crippen LogP contribution >= 0.6 is 11.8 Å². The van der Waals surface area contributed by atoms with Crippen molar-refractivity contribution >= 4 is 11.8 Å². The average Bonchev–Trinajstić information content (AvgIpc) is 3.06. The summed E-state index contributed by atoms with van der Waals surface area (Å²) in [5, 5.41) is 7.42. The predicted octanol–water partition coefficient (Wildman–Crippen LogP) is 2.64. The molecule has 1 N–H and O–H groups in total. The van der Waals surface area contributed by atoms with E-state index in [-0.39, 0.29) is 5.82 Å². The Labute approximate surface area is 119 Å². The second-order valence-electron chi connectivity index (χ2n) is 4.19. The molecule has 0 fully saturated rings. The first kappa shape index (κ1) is 12.9. The number of aryl methyl sites for hydroxylation is 1. The Morgan fingerprint density at radius 2 is 2.20 bits per heavy atom. The molecule has 0 bridgehead atoms. The highest BCUT2D eigenvalue weighted by Crippen LogP contribution is 2.23. The highest BCUT2D eigenvalue weighted by molar-refractivity contribution is 7.98. The predicted molar refractivity (Wildman–Crippen MR) is 74.5 cm³/mol. The lowest BCUT2D eigenvalue weighted by molar-refractivity contribution is 0.630. The number of rotatable bonds is 4. The molecule has 0 aliphatic rings. The van der Waals surface area contributed by atoms with E-state index < -0.39 is 0 Å². The lowest BCUT2D eigenvalue weighted by Crippen LogP contribution is -1.94. The molecule has 0 amide bonds. The number of thioether (sulfide) groups is 1. The van der Waals surface area contributed by atoms with Crippen molar-refractivity contribution in [1.82, 2.24) is 24.7 Å². The van der Waals surface area contributed by atoms with Crippen molar-refractivity contribution in [3.05, 3.63) is 48.3 Å². The monoisotopic (exact) mass is 289 g/mol. The molecule has 102 valence electrons. The number of aromatic nitrogens is 5. The smallest absolute Gasteiger partial charge is 0.209 e. The highest BCUT2D eigenvalue weighted by atomic mass is 32.2. The van der Waals surface area contributed by atoms with E-state index in [0.717, 1.165) is 5.82 Å². The molecule has 2 heterocycles. The van der Waals surface area contributed by atoms with Crippen molar-refractivity contribution < 1.29 is 4.39 Å². The van der Waals surface area contributed by atoms with Crippen LogP contribution in [0, 0.1) is 5.82 Å². The quantitative estimate of drug-likeness (QED) is 0.750. The van der Waals surface area contributed by atoms with Crippen LogP contribution in [0.3, 0.4) is 0 Å². The Kier molecular flexibility index (Phi) is 3.51. The molecule has 0 spiro atoms. The number of imidazole rings is 1. The second-order valence-corrected chi connectivity index (χ2v) is 5.13. The van der Waals surface area contributed by atoms with Crippen LogP contribution in [0.5, 0.6) is 0 Å². The molecule has 0 saturated heterocycles. The van der Waals surface area contributed by atoms with Gasteiger partial charge in [-0.3, -0.25) is 5.10 Å². The van der Waals surface area contributed by atoms with Crippen molar-refractivity contribution in [3.8, 4) is 11.4 Å². The van der Waals surface area contributed by atoms with Crippen LogP contribution in [0.2, 0.25) is 0 Å². The summed E-state index contributed by atoms with van der Waals surface area (Å²) < 4.78 is 15.6. The van der Waals surface area contributed by atoms with Crippen LogP contribution in [0.25, 0.3) is 11.4 Å². The summed E-state index contributed by atoms with van der Waals surface area (Å²) in [4.78, 5) is 8.52. The molecule has 3 aromatic rings. The number of benzene rings is 1. The average molecular weight is 289 g/mol. The van der Waals surface area contributed by atoms with Crippen LogP contribution in [0.15, 0.2) is 41.8 Å². The number of hydrogen-bond donors (Lipinski definition) is 1. The van der Waals surface area contributed by atoms with Gasteiger partial charge in [0.2, 0.25) is 5.16 Å². The molecule has 20 heavy (non-hydrogen) atoms. The van der Waals surface area contributed by atoms with E-state index in [1.807, 2.05) is 17.8 Å². The zero-order chi connectivity index (χ0) is 13.9. The van der Waals surface area contributed by atoms with Gasteiger partial charge in [0.05, 0.1) is 11.3 Å². The van der Waals surface area contributed by atoms with Gasteiger partial charge in [-0.2, -0.15) is 0 Å². The molecule has 0 unspecified atom stereocenters. The Balaban J connectivity index is 1.74. The summed E-state index contributed by atoms with van der Waals surface area (Å²) in [7, 11) is 1.94. The summed E-state index contributed by atoms with van der Waals surface area (Å²) in [6, 6.07) is 6.48. The fourth-order valence-electron chi connectivity index (χ4n) is 1.75. The van der Waals surface area contributed by atoms with Crippen LogP contribution < -0.4 is 0 Å². The first-order valence-electron chi connectivity index (χ1n) is 6.00. The normalized spacial score (nSPS) is 10.9. The largest absolute Gasteiger partial charge is 0.337 e. The standard InChI is InChI=1S/C13H12FN5S/c1-19-7-6-15-11(19)8-20-13-16-12(17-18-13)9-4-2-3-5-10(9)14/h2-7H,8H2,1H3,(H,16,17,18). The molecule has 7 heteroatoms. The summed E-state index contributed by atoms with van der Waals surface area (Å²) >= 11 is 1.45. The van der Waals surface area contributed by atoms with Crippen LogP contribution in [0.1, 0.15) is 5.82 Å². The number of hydrogen-bond acceptors (Lipinski definition) is 4. The second kappa shape index (κ2) is 5.46. The molecule has 5 nitrogen and oxygen atoms in total. The Hall–Kier alpha value is -2.15. The molecule has 3 rings (SSSR count). The van der Waals surface area contributed by atoms with E-state index in [9.17, 15) is 4.39 Å². The van der Waals surface area contributed by atoms with Crippen molar-refractivity contribution in [2.45, 2.75) is 10.9 Å². The third-order valence-electron chi connectivity index (χ3n) is 2.85. The van der Waals surface area contributed by atoms with Gasteiger partial charge in [-0.1, -0.05) is 23.9 Å². The van der Waals surface area contributed by atoms with E-state index >= 15 is 0 Å². The summed E-state index contributed by atoms with van der Waals surface area (Å²) in [5.41, 5.74) is 0.420. The van der Waals surface area contributed by atoms with E-state index in [1.165, 1.54) is 17.8 Å². The minimum Gasteiger partial charge on any atom is -0.337 e. The maximum Gasteiger partial charge on any atom is 0.209 e. The highest BCUT2D eigenvalue weighted by Gasteiger charge is 2.10. The van der Waals surface area contributed by atoms with Gasteiger partial charge in [0.1, 0.15) is 11.6 Å². The van der Waals surface area contributed by atoms with Crippen molar-refractivity contribution in [3.63, 3.8) is 0 Å². The number of H-pyrrole nitrogens is 1. The maximum absolute atomic E-state index is 13.6. The minimum atomic E-state index is -0.315. The zero-order valence-electron chi connectivity index (χ0n) is 10.7. The van der Waals surface area contributed by atoms with Crippen LogP contribution in [-0.4, -0.2) is 24.7 Å². The number of aromatic amines is 1. The number of nitrogens with one attached hydrogen (secondary N) is 1. The molecule has 0 radical (unpaired) electrons. The van der Waals surface area contributed by atoms with Crippen LogP contribution in [-0.2, 0) is 12.8 Å². The fraction of sp³-hybridized carbons (Fsp3) is 0.154. The van der Waals surface area contributed by atoms with E-state index in [0.29, 0.717) is 22.3 Å². The molecule has 0 saturated carbocycles. The van der Waals surface area contributed by atoms with Gasteiger partial charge in [0.25, 0.3) is 0 Å². The Morgan fingerprint density at radius 3 is 2.95 bits per heavy atom. The molecule has 2 aromatic heterocycles. The lowest BCUT2D eigenvalue weighted by Gasteiger charge is -1.98. The number of nitrogens with zero attached hydrogens (tertiary/aromatic N) is 4. The first-order chi connectivity index (χ1) is 9.74. The Morgan fingerprint density at radius 1 is 1.35 bits per heavy atom. The van der Waals surface area contributed by atoms with E-state index in [4.69, 9.17) is 0 Å². The summed E-state index contributed by atoms with van der Waals surface area (Å²) in [5.74, 6) is 1.72. The third kappa shape index (κ3) is 2.57. The third-order valence-corrected chi connectivity index (χ3v) is 3.69. The fourth-order valence-corrected chi connectivity index (χ4v) is 2.55. The van der Waals surface area contributed by atoms with E-state index in [1.54, 1.807) is 24.4 Å². The van der Waals surface area contributed by atoms with Crippen molar-refractivity contribution in [2.75, 3.05) is 0 Å². The van der Waals surface area contributed by atoms with Gasteiger partial charge >= 0.3 is 0 Å². The lowest BCUT2D eigenvalue weighted by atomic mass is 10.2. The molecule has 0 aliphatic heterocycles. The SMILES string of the molecule is Cn1ccnc1CSc1n[nH]c(-c2ccccc2F)n1. The minimum absolute atomic E-state index is 0.315. The topological polar surface area (TPSA) is 59.4 Å². The summed E-state index contributed by atoms with van der Waals surface area (Å²) in [6.07, 6.45) is 3.64. The first-order valence-corrected chi connectivity index (χ1v) is 6.99. The molecular formula is C13H12FN5S. The van der Waals surface area contributed by atoms with Gasteiger partial charge in [0, 0.05) is 19.4 Å². The zero-order valence-corrected chi connectivity index (χ0v) is 11.6. The molecule has 1 aromatic carbocycles. The van der Waals surface area contributed by atoms with Crippen molar-refractivity contribution in [2.24, 2.45) is 7.05 Å². The Bertz CT molecular complexity index is 721. The van der Waals surface area contributed by atoms with Crippen molar-refractivity contribution in [1.29, 1.82) is 0 Å². The van der Waals surface area contributed by atoms with Gasteiger partial charge in [-0.25, -0.2) is 14.4 Å². The van der Waals surface area contributed by atoms with Gasteiger partial charge in [0.15, 0.2) is 5.82 Å². The molecule has 0 aliphatic carbocycles. The maximum atomic E-state index is 13.6. The van der Waals surface area contributed by atoms with E-state index in [2.05, 4.69) is 20.2 Å². The van der Waals surface area contributed by atoms with Gasteiger partial charge in [-0.15, -0.1) is 5.10 Å².